The Morgan fingerprint density at radius 3 is 2.65 bits per heavy atom. The summed E-state index contributed by atoms with van der Waals surface area (Å²) < 4.78 is 38.8. The van der Waals surface area contributed by atoms with Crippen molar-refractivity contribution >= 4 is 21.5 Å². The van der Waals surface area contributed by atoms with Crippen molar-refractivity contribution in [2.24, 2.45) is 0 Å². The lowest BCUT2D eigenvalue weighted by atomic mass is 9.68. The predicted octanol–water partition coefficient (Wildman–Crippen LogP) is 3.56. The largest absolute Gasteiger partial charge is 0.496 e. The second kappa shape index (κ2) is 12.4. The fraction of sp³-hybridized carbons (Fsp3) is 0.625. The molecule has 1 saturated heterocycles. The first-order valence-electron chi connectivity index (χ1n) is 11.7. The van der Waals surface area contributed by atoms with E-state index in [0.717, 1.165) is 44.7 Å². The van der Waals surface area contributed by atoms with Gasteiger partial charge in [0.15, 0.2) is 0 Å². The van der Waals surface area contributed by atoms with Gasteiger partial charge in [0.1, 0.15) is 5.75 Å². The summed E-state index contributed by atoms with van der Waals surface area (Å²) in [6.07, 6.45) is 10.2. The highest BCUT2D eigenvalue weighted by molar-refractivity contribution is 7.85. The van der Waals surface area contributed by atoms with E-state index in [4.69, 9.17) is 24.1 Å². The third-order valence-corrected chi connectivity index (χ3v) is 8.31. The number of aliphatic hydroxyl groups excluding tert-OH is 1. The van der Waals surface area contributed by atoms with Crippen LogP contribution in [0.2, 0.25) is 0 Å². The fourth-order valence-electron chi connectivity index (χ4n) is 5.08. The van der Waals surface area contributed by atoms with Crippen molar-refractivity contribution in [3.63, 3.8) is 0 Å². The fourth-order valence-corrected chi connectivity index (χ4v) is 6.12. The molecule has 2 aliphatic rings. The van der Waals surface area contributed by atoms with E-state index >= 15 is 0 Å². The number of methoxy groups -OCH3 is 1. The summed E-state index contributed by atoms with van der Waals surface area (Å²) in [7, 11) is -2.18. The predicted molar refractivity (Wildman–Crippen MR) is 133 cm³/mol. The number of aromatic nitrogens is 1. The molecule has 8 nitrogen and oxygen atoms in total. The molecule has 3 N–H and O–H groups in total. The Kier molecular flexibility index (Phi) is 9.87. The summed E-state index contributed by atoms with van der Waals surface area (Å²) >= 11 is 1.75. The number of thiophene rings is 1. The Balaban J connectivity index is 0.000000406. The van der Waals surface area contributed by atoms with E-state index in [0.29, 0.717) is 0 Å². The van der Waals surface area contributed by atoms with Gasteiger partial charge in [0.05, 0.1) is 29.9 Å². The van der Waals surface area contributed by atoms with E-state index in [9.17, 15) is 8.42 Å². The van der Waals surface area contributed by atoms with Gasteiger partial charge in [0.2, 0.25) is 0 Å². The van der Waals surface area contributed by atoms with Gasteiger partial charge in [-0.15, -0.1) is 11.3 Å². The van der Waals surface area contributed by atoms with E-state index in [1.807, 2.05) is 18.3 Å². The molecule has 0 bridgehead atoms. The lowest BCUT2D eigenvalue weighted by Gasteiger charge is -2.46. The second-order valence-electron chi connectivity index (χ2n) is 9.01. The van der Waals surface area contributed by atoms with Crippen molar-refractivity contribution in [2.45, 2.75) is 62.5 Å². The second-order valence-corrected chi connectivity index (χ2v) is 11.6. The van der Waals surface area contributed by atoms with Gasteiger partial charge in [-0.25, -0.2) is 0 Å². The molecule has 1 saturated carbocycles. The summed E-state index contributed by atoms with van der Waals surface area (Å²) in [5.41, 5.74) is 1.46. The number of hydrogen-bond donors (Lipinski definition) is 3. The maximum absolute atomic E-state index is 9.63. The van der Waals surface area contributed by atoms with Gasteiger partial charge in [-0.1, -0.05) is 18.9 Å². The standard InChI is InChI=1S/C22H30N2O2S.C2H6O4S/c1-25-18-7-15-27-19(18)16-23-13-10-21(20-6-2-5-12-24-20)11-14-26-22(17-21)8-3-4-9-22;3-1-2-7(4,5)6/h2,5-7,12,15,23H,3-4,8-11,13-14,16-17H2,1H3;3H,1-2H2,(H,4,5,6)/t21-;/m1./s1. The van der Waals surface area contributed by atoms with E-state index in [1.165, 1.54) is 36.3 Å². The van der Waals surface area contributed by atoms with Gasteiger partial charge in [-0.3, -0.25) is 9.54 Å². The minimum absolute atomic E-state index is 0.0900. The molecular formula is C24H36N2O6S2. The van der Waals surface area contributed by atoms with E-state index in [2.05, 4.69) is 22.8 Å². The summed E-state index contributed by atoms with van der Waals surface area (Å²) in [5, 5.41) is 13.6. The number of nitrogens with zero attached hydrogens (tertiary/aromatic N) is 1. The van der Waals surface area contributed by atoms with Gasteiger partial charge in [0, 0.05) is 30.5 Å². The van der Waals surface area contributed by atoms with Crippen molar-refractivity contribution in [1.82, 2.24) is 10.3 Å². The van der Waals surface area contributed by atoms with Crippen molar-refractivity contribution < 1.29 is 27.6 Å². The SMILES string of the molecule is COc1ccsc1CNCC[C@@]1(c2ccccn2)CCOC2(CCCC2)C1.O=S(=O)(O)CCO. The summed E-state index contributed by atoms with van der Waals surface area (Å²) in [6.45, 7) is 2.17. The van der Waals surface area contributed by atoms with E-state index in [-0.39, 0.29) is 11.0 Å². The van der Waals surface area contributed by atoms with Gasteiger partial charge >= 0.3 is 0 Å². The maximum atomic E-state index is 9.63. The number of pyridine rings is 1. The molecule has 0 radical (unpaired) electrons. The lowest BCUT2D eigenvalue weighted by Crippen LogP contribution is -2.47. The van der Waals surface area contributed by atoms with Crippen molar-refractivity contribution in [2.75, 3.05) is 32.6 Å². The van der Waals surface area contributed by atoms with Crippen LogP contribution in [0.1, 0.15) is 55.5 Å². The minimum atomic E-state index is -3.92. The van der Waals surface area contributed by atoms with Crippen LogP contribution >= 0.6 is 11.3 Å². The summed E-state index contributed by atoms with van der Waals surface area (Å²) in [6, 6.07) is 8.41. The Bertz CT molecular complexity index is 976. The lowest BCUT2D eigenvalue weighted by molar-refractivity contribution is -0.104. The van der Waals surface area contributed by atoms with Gasteiger partial charge in [-0.2, -0.15) is 8.42 Å². The van der Waals surface area contributed by atoms with E-state index in [1.54, 1.807) is 18.4 Å². The number of aliphatic hydroxyl groups is 1. The van der Waals surface area contributed by atoms with Crippen LogP contribution in [0.3, 0.4) is 0 Å². The van der Waals surface area contributed by atoms with E-state index < -0.39 is 22.5 Å². The van der Waals surface area contributed by atoms with Crippen LogP contribution in [0.5, 0.6) is 5.75 Å². The van der Waals surface area contributed by atoms with Crippen LogP contribution in [0.4, 0.5) is 0 Å². The number of nitrogens with one attached hydrogen (secondary N) is 1. The monoisotopic (exact) mass is 512 g/mol. The molecule has 0 amide bonds. The molecule has 0 unspecified atom stereocenters. The van der Waals surface area contributed by atoms with Crippen LogP contribution in [-0.2, 0) is 26.8 Å². The zero-order valence-corrected chi connectivity index (χ0v) is 21.4. The average Bonchev–Trinajstić information content (AvgIpc) is 3.46. The average molecular weight is 513 g/mol. The normalized spacial score (nSPS) is 21.7. The molecule has 34 heavy (non-hydrogen) atoms. The molecule has 2 fully saturated rings. The third kappa shape index (κ3) is 7.47. The first kappa shape index (κ1) is 27.0. The molecule has 190 valence electrons. The zero-order valence-electron chi connectivity index (χ0n) is 19.7. The Morgan fingerprint density at radius 1 is 1.24 bits per heavy atom. The molecule has 10 heteroatoms. The first-order chi connectivity index (χ1) is 16.3. The van der Waals surface area contributed by atoms with Crippen molar-refractivity contribution in [3.05, 3.63) is 46.4 Å². The third-order valence-electron chi connectivity index (χ3n) is 6.71. The summed E-state index contributed by atoms with van der Waals surface area (Å²) in [5.74, 6) is 0.412. The van der Waals surface area contributed by atoms with Crippen LogP contribution in [0.25, 0.3) is 0 Å². The molecule has 1 aliphatic heterocycles. The zero-order chi connectivity index (χ0) is 24.5. The van der Waals surface area contributed by atoms with Crippen molar-refractivity contribution in [1.29, 1.82) is 0 Å². The molecule has 3 heterocycles. The Morgan fingerprint density at radius 2 is 2.03 bits per heavy atom. The van der Waals surface area contributed by atoms with Crippen LogP contribution < -0.4 is 10.1 Å². The highest BCUT2D eigenvalue weighted by Gasteiger charge is 2.48. The minimum Gasteiger partial charge on any atom is -0.496 e. The van der Waals surface area contributed by atoms with Crippen LogP contribution in [0, 0.1) is 0 Å². The van der Waals surface area contributed by atoms with Gasteiger partial charge in [0.25, 0.3) is 10.1 Å². The first-order valence-corrected chi connectivity index (χ1v) is 14.2. The number of hydrogen-bond acceptors (Lipinski definition) is 8. The maximum Gasteiger partial charge on any atom is 0.267 e. The number of ether oxygens (including phenoxy) is 2. The molecule has 1 spiro atoms. The smallest absolute Gasteiger partial charge is 0.267 e. The van der Waals surface area contributed by atoms with Crippen LogP contribution in [-0.4, -0.2) is 61.3 Å². The molecule has 1 aliphatic carbocycles. The quantitative estimate of drug-likeness (QED) is 0.345. The summed E-state index contributed by atoms with van der Waals surface area (Å²) in [4.78, 5) is 6.05. The van der Waals surface area contributed by atoms with Gasteiger partial charge < -0.3 is 19.9 Å². The van der Waals surface area contributed by atoms with Crippen LogP contribution in [0.15, 0.2) is 35.8 Å². The highest BCUT2D eigenvalue weighted by Crippen LogP contribution is 2.49. The highest BCUT2D eigenvalue weighted by atomic mass is 32.2. The molecule has 1 atom stereocenters. The number of rotatable bonds is 9. The molecule has 2 aromatic rings. The van der Waals surface area contributed by atoms with Crippen molar-refractivity contribution in [3.8, 4) is 5.75 Å². The molecular weight excluding hydrogens is 476 g/mol. The molecule has 2 aromatic heterocycles. The Hall–Kier alpha value is -1.56. The van der Waals surface area contributed by atoms with Gasteiger partial charge in [-0.05, 0) is 62.2 Å². The topological polar surface area (TPSA) is 118 Å². The molecule has 0 aromatic carbocycles. The molecule has 4 rings (SSSR count). The Labute approximate surface area is 206 Å².